The van der Waals surface area contributed by atoms with Gasteiger partial charge in [0.15, 0.2) is 0 Å². The van der Waals surface area contributed by atoms with Gasteiger partial charge in [-0.25, -0.2) is 4.98 Å². The summed E-state index contributed by atoms with van der Waals surface area (Å²) in [7, 11) is 0. The number of pyridine rings is 1. The van der Waals surface area contributed by atoms with E-state index >= 15 is 0 Å². The molecule has 25 heavy (non-hydrogen) atoms. The molecule has 0 spiro atoms. The van der Waals surface area contributed by atoms with Gasteiger partial charge >= 0.3 is 5.97 Å². The van der Waals surface area contributed by atoms with Gasteiger partial charge in [0.25, 0.3) is 5.91 Å². The highest BCUT2D eigenvalue weighted by Gasteiger charge is 2.10. The van der Waals surface area contributed by atoms with Crippen LogP contribution in [0.2, 0.25) is 0 Å². The first-order valence-corrected chi connectivity index (χ1v) is 8.42. The third-order valence-electron chi connectivity index (χ3n) is 3.22. The summed E-state index contributed by atoms with van der Waals surface area (Å²) in [5, 5.41) is 5.50. The molecule has 3 rings (SSSR count). The molecule has 1 amide bonds. The maximum atomic E-state index is 12.2. The Morgan fingerprint density at radius 2 is 2.08 bits per heavy atom. The molecule has 2 heterocycles. The van der Waals surface area contributed by atoms with Crippen LogP contribution in [0.3, 0.4) is 0 Å². The van der Waals surface area contributed by atoms with Crippen molar-refractivity contribution in [3.05, 3.63) is 65.3 Å². The summed E-state index contributed by atoms with van der Waals surface area (Å²) in [6.45, 7) is 1.62. The standard InChI is InChI=1S/C18H15N3O3S/c1-12(22)24-15-6-4-5-13(9-15)17(23)20-10-14-11-25-18(21-14)16-7-2-3-8-19-16/h2-9,11H,10H2,1H3,(H,20,23). The van der Waals surface area contributed by atoms with Gasteiger partial charge < -0.3 is 10.1 Å². The minimum absolute atomic E-state index is 0.263. The Kier molecular flexibility index (Phi) is 5.15. The molecule has 0 saturated carbocycles. The minimum atomic E-state index is -0.429. The molecule has 0 aliphatic heterocycles. The number of aromatic nitrogens is 2. The van der Waals surface area contributed by atoms with Crippen LogP contribution in [0.4, 0.5) is 0 Å². The Bertz CT molecular complexity index is 893. The molecule has 0 atom stereocenters. The fourth-order valence-corrected chi connectivity index (χ4v) is 2.93. The number of ether oxygens (including phenoxy) is 1. The average molecular weight is 353 g/mol. The highest BCUT2D eigenvalue weighted by Crippen LogP contribution is 2.21. The van der Waals surface area contributed by atoms with Crippen molar-refractivity contribution in [2.75, 3.05) is 0 Å². The smallest absolute Gasteiger partial charge is 0.308 e. The number of thiazole rings is 1. The molecule has 126 valence electrons. The molecule has 1 aromatic carbocycles. The molecule has 7 heteroatoms. The highest BCUT2D eigenvalue weighted by atomic mass is 32.1. The summed E-state index contributed by atoms with van der Waals surface area (Å²) < 4.78 is 4.98. The van der Waals surface area contributed by atoms with Gasteiger partial charge in [0.2, 0.25) is 0 Å². The predicted molar refractivity (Wildman–Crippen MR) is 94.3 cm³/mol. The van der Waals surface area contributed by atoms with E-state index in [4.69, 9.17) is 4.74 Å². The number of carbonyl (C=O) groups is 2. The summed E-state index contributed by atoms with van der Waals surface area (Å²) >= 11 is 1.48. The van der Waals surface area contributed by atoms with E-state index in [0.29, 0.717) is 17.9 Å². The molecule has 3 aromatic rings. The molecule has 0 radical (unpaired) electrons. The normalized spacial score (nSPS) is 10.3. The second-order valence-electron chi connectivity index (χ2n) is 5.16. The third-order valence-corrected chi connectivity index (χ3v) is 4.14. The SMILES string of the molecule is CC(=O)Oc1cccc(C(=O)NCc2csc(-c3ccccn3)n2)c1. The molecule has 0 unspecified atom stereocenters. The average Bonchev–Trinajstić information content (AvgIpc) is 3.09. The van der Waals surface area contributed by atoms with Crippen LogP contribution in [-0.4, -0.2) is 21.8 Å². The molecular formula is C18H15N3O3S. The van der Waals surface area contributed by atoms with Crippen LogP contribution in [-0.2, 0) is 11.3 Å². The highest BCUT2D eigenvalue weighted by molar-refractivity contribution is 7.13. The zero-order valence-corrected chi connectivity index (χ0v) is 14.2. The van der Waals surface area contributed by atoms with Gasteiger partial charge in [0, 0.05) is 24.1 Å². The lowest BCUT2D eigenvalue weighted by atomic mass is 10.2. The third kappa shape index (κ3) is 4.48. The molecule has 6 nitrogen and oxygen atoms in total. The van der Waals surface area contributed by atoms with Crippen LogP contribution in [0, 0.1) is 0 Å². The lowest BCUT2D eigenvalue weighted by Crippen LogP contribution is -2.23. The van der Waals surface area contributed by atoms with Crippen molar-refractivity contribution in [1.29, 1.82) is 0 Å². The van der Waals surface area contributed by atoms with Gasteiger partial charge in [0.05, 0.1) is 17.9 Å². The van der Waals surface area contributed by atoms with Gasteiger partial charge in [-0.3, -0.25) is 14.6 Å². The van der Waals surface area contributed by atoms with Crippen LogP contribution < -0.4 is 10.1 Å². The molecule has 0 fully saturated rings. The maximum Gasteiger partial charge on any atom is 0.308 e. The van der Waals surface area contributed by atoms with Crippen molar-refractivity contribution in [1.82, 2.24) is 15.3 Å². The molecule has 0 aliphatic rings. The Morgan fingerprint density at radius 1 is 1.20 bits per heavy atom. The van der Waals surface area contributed by atoms with Crippen molar-refractivity contribution < 1.29 is 14.3 Å². The van der Waals surface area contributed by atoms with E-state index in [-0.39, 0.29) is 5.91 Å². The largest absolute Gasteiger partial charge is 0.427 e. The van der Waals surface area contributed by atoms with Gasteiger partial charge in [-0.2, -0.15) is 0 Å². The van der Waals surface area contributed by atoms with Gasteiger partial charge in [-0.1, -0.05) is 12.1 Å². The van der Waals surface area contributed by atoms with E-state index in [0.717, 1.165) is 16.4 Å². The van der Waals surface area contributed by atoms with E-state index in [1.807, 2.05) is 23.6 Å². The molecule has 2 aromatic heterocycles. The summed E-state index contributed by atoms with van der Waals surface area (Å²) in [4.78, 5) is 32.0. The molecule has 0 saturated heterocycles. The van der Waals surface area contributed by atoms with Crippen LogP contribution in [0.1, 0.15) is 23.0 Å². The first-order chi connectivity index (χ1) is 12.1. The van der Waals surface area contributed by atoms with E-state index in [2.05, 4.69) is 15.3 Å². The number of hydrogen-bond donors (Lipinski definition) is 1. The number of rotatable bonds is 5. The molecule has 1 N–H and O–H groups in total. The summed E-state index contributed by atoms with van der Waals surface area (Å²) in [6, 6.07) is 12.1. The summed E-state index contributed by atoms with van der Waals surface area (Å²) in [5.41, 5.74) is 1.98. The van der Waals surface area contributed by atoms with Crippen molar-refractivity contribution in [3.8, 4) is 16.5 Å². The van der Waals surface area contributed by atoms with Crippen molar-refractivity contribution in [3.63, 3.8) is 0 Å². The van der Waals surface area contributed by atoms with Gasteiger partial charge in [0.1, 0.15) is 10.8 Å². The Balaban J connectivity index is 1.63. The Hall–Kier alpha value is -3.06. The number of esters is 1. The minimum Gasteiger partial charge on any atom is -0.427 e. The number of nitrogens with one attached hydrogen (secondary N) is 1. The van der Waals surface area contributed by atoms with Crippen molar-refractivity contribution >= 4 is 23.2 Å². The number of amides is 1. The topological polar surface area (TPSA) is 81.2 Å². The predicted octanol–water partition coefficient (Wildman–Crippen LogP) is 3.06. The van der Waals surface area contributed by atoms with E-state index < -0.39 is 5.97 Å². The Morgan fingerprint density at radius 3 is 2.84 bits per heavy atom. The molecule has 0 aliphatic carbocycles. The zero-order chi connectivity index (χ0) is 17.6. The second kappa shape index (κ2) is 7.67. The first-order valence-electron chi connectivity index (χ1n) is 7.54. The van der Waals surface area contributed by atoms with Gasteiger partial charge in [-0.15, -0.1) is 11.3 Å². The van der Waals surface area contributed by atoms with Crippen LogP contribution in [0.15, 0.2) is 54.0 Å². The van der Waals surface area contributed by atoms with Crippen LogP contribution in [0.5, 0.6) is 5.75 Å². The first kappa shape index (κ1) is 16.8. The quantitative estimate of drug-likeness (QED) is 0.563. The summed E-state index contributed by atoms with van der Waals surface area (Å²) in [6.07, 6.45) is 1.72. The second-order valence-corrected chi connectivity index (χ2v) is 6.02. The lowest BCUT2D eigenvalue weighted by Gasteiger charge is -2.06. The molecule has 0 bridgehead atoms. The fourth-order valence-electron chi connectivity index (χ4n) is 2.13. The van der Waals surface area contributed by atoms with Crippen LogP contribution >= 0.6 is 11.3 Å². The van der Waals surface area contributed by atoms with Crippen molar-refractivity contribution in [2.45, 2.75) is 13.5 Å². The maximum absolute atomic E-state index is 12.2. The van der Waals surface area contributed by atoms with E-state index in [1.165, 1.54) is 24.3 Å². The zero-order valence-electron chi connectivity index (χ0n) is 13.4. The molecular weight excluding hydrogens is 338 g/mol. The van der Waals surface area contributed by atoms with E-state index in [1.54, 1.807) is 24.4 Å². The van der Waals surface area contributed by atoms with E-state index in [9.17, 15) is 9.59 Å². The number of hydrogen-bond acceptors (Lipinski definition) is 6. The fraction of sp³-hybridized carbons (Fsp3) is 0.111. The summed E-state index contributed by atoms with van der Waals surface area (Å²) in [5.74, 6) is -0.352. The Labute approximate surface area is 148 Å². The van der Waals surface area contributed by atoms with Crippen LogP contribution in [0.25, 0.3) is 10.7 Å². The number of nitrogens with zero attached hydrogens (tertiary/aromatic N) is 2. The van der Waals surface area contributed by atoms with Crippen molar-refractivity contribution in [2.24, 2.45) is 0 Å². The lowest BCUT2D eigenvalue weighted by molar-refractivity contribution is -0.131. The number of carbonyl (C=O) groups excluding carboxylic acids is 2. The monoisotopic (exact) mass is 353 g/mol. The van der Waals surface area contributed by atoms with Gasteiger partial charge in [-0.05, 0) is 30.3 Å². The number of benzene rings is 1.